The molecular formula is C15H23N3O. The van der Waals surface area contributed by atoms with Crippen LogP contribution < -0.4 is 11.1 Å². The number of carbonyl (C=O) groups is 1. The van der Waals surface area contributed by atoms with E-state index in [1.54, 1.807) is 0 Å². The van der Waals surface area contributed by atoms with Crippen molar-refractivity contribution in [3.63, 3.8) is 0 Å². The summed E-state index contributed by atoms with van der Waals surface area (Å²) in [6, 6.07) is 7.85. The molecule has 1 heterocycles. The van der Waals surface area contributed by atoms with Crippen molar-refractivity contribution >= 4 is 11.6 Å². The summed E-state index contributed by atoms with van der Waals surface area (Å²) in [6.45, 7) is 5.12. The van der Waals surface area contributed by atoms with E-state index in [2.05, 4.69) is 10.2 Å². The van der Waals surface area contributed by atoms with Crippen LogP contribution in [0.5, 0.6) is 0 Å². The van der Waals surface area contributed by atoms with E-state index in [1.807, 2.05) is 31.2 Å². The molecule has 0 spiro atoms. The molecule has 3 N–H and O–H groups in total. The van der Waals surface area contributed by atoms with E-state index in [9.17, 15) is 4.79 Å². The number of aryl methyl sites for hydroxylation is 1. The molecule has 0 bridgehead atoms. The Balaban J connectivity index is 1.86. The Kier molecular flexibility index (Phi) is 4.93. The van der Waals surface area contributed by atoms with Crippen LogP contribution in [0.1, 0.15) is 18.4 Å². The third-order valence-electron chi connectivity index (χ3n) is 3.72. The second kappa shape index (κ2) is 6.68. The van der Waals surface area contributed by atoms with Crippen LogP contribution >= 0.6 is 0 Å². The van der Waals surface area contributed by atoms with Gasteiger partial charge in [0.25, 0.3) is 0 Å². The van der Waals surface area contributed by atoms with Gasteiger partial charge in [-0.25, -0.2) is 0 Å². The number of nitrogens with zero attached hydrogens (tertiary/aromatic N) is 1. The second-order valence-corrected chi connectivity index (χ2v) is 5.34. The summed E-state index contributed by atoms with van der Waals surface area (Å²) in [5, 5.41) is 2.98. The van der Waals surface area contributed by atoms with Crippen molar-refractivity contribution in [2.24, 2.45) is 11.7 Å². The summed E-state index contributed by atoms with van der Waals surface area (Å²) < 4.78 is 0. The molecule has 0 aliphatic carbocycles. The van der Waals surface area contributed by atoms with Gasteiger partial charge in [-0.3, -0.25) is 9.69 Å². The maximum absolute atomic E-state index is 12.0. The predicted octanol–water partition coefficient (Wildman–Crippen LogP) is 1.60. The molecule has 1 aliphatic rings. The van der Waals surface area contributed by atoms with E-state index >= 15 is 0 Å². The van der Waals surface area contributed by atoms with Crippen LogP contribution in [0.25, 0.3) is 0 Å². The molecule has 104 valence electrons. The maximum Gasteiger partial charge on any atom is 0.238 e. The molecule has 1 atom stereocenters. The SMILES string of the molecule is Cc1ccccc1NC(=O)CN1CCCC(CN)C1. The number of nitrogens with one attached hydrogen (secondary N) is 1. The fraction of sp³-hybridized carbons (Fsp3) is 0.533. The standard InChI is InChI=1S/C15H23N3O/c1-12-5-2-3-7-14(12)17-15(19)11-18-8-4-6-13(9-16)10-18/h2-3,5,7,13H,4,6,8-11,16H2,1H3,(H,17,19). The van der Waals surface area contributed by atoms with Crippen molar-refractivity contribution in [3.05, 3.63) is 29.8 Å². The largest absolute Gasteiger partial charge is 0.330 e. The number of amides is 1. The molecule has 0 saturated carbocycles. The van der Waals surface area contributed by atoms with Gasteiger partial charge in [0.15, 0.2) is 0 Å². The Bertz CT molecular complexity index is 433. The number of para-hydroxylation sites is 1. The van der Waals surface area contributed by atoms with E-state index in [1.165, 1.54) is 6.42 Å². The minimum Gasteiger partial charge on any atom is -0.330 e. The lowest BCUT2D eigenvalue weighted by molar-refractivity contribution is -0.117. The number of piperidine rings is 1. The van der Waals surface area contributed by atoms with Crippen LogP contribution in [0, 0.1) is 12.8 Å². The van der Waals surface area contributed by atoms with Crippen LogP contribution in [-0.4, -0.2) is 37.0 Å². The molecule has 0 radical (unpaired) electrons. The number of anilines is 1. The molecule has 19 heavy (non-hydrogen) atoms. The Morgan fingerprint density at radius 1 is 1.47 bits per heavy atom. The van der Waals surface area contributed by atoms with Gasteiger partial charge in [-0.2, -0.15) is 0 Å². The van der Waals surface area contributed by atoms with Crippen molar-refractivity contribution in [1.29, 1.82) is 0 Å². The summed E-state index contributed by atoms with van der Waals surface area (Å²) in [7, 11) is 0. The van der Waals surface area contributed by atoms with Crippen LogP contribution in [0.15, 0.2) is 24.3 Å². The molecule has 1 aliphatic heterocycles. The topological polar surface area (TPSA) is 58.4 Å². The summed E-state index contributed by atoms with van der Waals surface area (Å²) in [4.78, 5) is 14.2. The first-order valence-corrected chi connectivity index (χ1v) is 6.97. The van der Waals surface area contributed by atoms with Crippen molar-refractivity contribution in [2.75, 3.05) is 31.5 Å². The van der Waals surface area contributed by atoms with Crippen LogP contribution in [0.2, 0.25) is 0 Å². The lowest BCUT2D eigenvalue weighted by Gasteiger charge is -2.31. The van der Waals surface area contributed by atoms with Gasteiger partial charge in [0.2, 0.25) is 5.91 Å². The molecule has 1 amide bonds. The van der Waals surface area contributed by atoms with Crippen LogP contribution in [0.3, 0.4) is 0 Å². The fourth-order valence-electron chi connectivity index (χ4n) is 2.59. The van der Waals surface area contributed by atoms with Gasteiger partial charge in [-0.05, 0) is 50.4 Å². The quantitative estimate of drug-likeness (QED) is 0.865. The van der Waals surface area contributed by atoms with E-state index in [0.717, 1.165) is 37.3 Å². The molecule has 1 fully saturated rings. The van der Waals surface area contributed by atoms with Gasteiger partial charge < -0.3 is 11.1 Å². The highest BCUT2D eigenvalue weighted by Crippen LogP contribution is 2.16. The van der Waals surface area contributed by atoms with Gasteiger partial charge in [-0.15, -0.1) is 0 Å². The van der Waals surface area contributed by atoms with E-state index in [0.29, 0.717) is 12.5 Å². The smallest absolute Gasteiger partial charge is 0.238 e. The first kappa shape index (κ1) is 14.0. The van der Waals surface area contributed by atoms with Crippen molar-refractivity contribution in [2.45, 2.75) is 19.8 Å². The van der Waals surface area contributed by atoms with Gasteiger partial charge >= 0.3 is 0 Å². The summed E-state index contributed by atoms with van der Waals surface area (Å²) in [5.41, 5.74) is 7.71. The Hall–Kier alpha value is -1.39. The normalized spacial score (nSPS) is 20.2. The number of benzene rings is 1. The highest BCUT2D eigenvalue weighted by molar-refractivity contribution is 5.92. The zero-order chi connectivity index (χ0) is 13.7. The van der Waals surface area contributed by atoms with Gasteiger partial charge in [0, 0.05) is 12.2 Å². The number of hydrogen-bond acceptors (Lipinski definition) is 3. The number of rotatable bonds is 4. The monoisotopic (exact) mass is 261 g/mol. The molecule has 1 aromatic rings. The molecule has 2 rings (SSSR count). The minimum absolute atomic E-state index is 0.0620. The Labute approximate surface area is 115 Å². The third-order valence-corrected chi connectivity index (χ3v) is 3.72. The summed E-state index contributed by atoms with van der Waals surface area (Å²) in [6.07, 6.45) is 2.33. The van der Waals surface area contributed by atoms with Gasteiger partial charge in [-0.1, -0.05) is 18.2 Å². The zero-order valence-electron chi connectivity index (χ0n) is 11.6. The molecule has 0 aromatic heterocycles. The van der Waals surface area contributed by atoms with E-state index < -0.39 is 0 Å². The number of carbonyl (C=O) groups excluding carboxylic acids is 1. The number of hydrogen-bond donors (Lipinski definition) is 2. The average molecular weight is 261 g/mol. The molecule has 1 unspecified atom stereocenters. The van der Waals surface area contributed by atoms with Crippen LogP contribution in [-0.2, 0) is 4.79 Å². The molecular weight excluding hydrogens is 238 g/mol. The molecule has 1 saturated heterocycles. The van der Waals surface area contributed by atoms with E-state index in [-0.39, 0.29) is 5.91 Å². The molecule has 4 heteroatoms. The summed E-state index contributed by atoms with van der Waals surface area (Å²) >= 11 is 0. The molecule has 1 aromatic carbocycles. The summed E-state index contributed by atoms with van der Waals surface area (Å²) in [5.74, 6) is 0.604. The van der Waals surface area contributed by atoms with Gasteiger partial charge in [0.1, 0.15) is 0 Å². The Morgan fingerprint density at radius 2 is 2.26 bits per heavy atom. The van der Waals surface area contributed by atoms with Crippen LogP contribution in [0.4, 0.5) is 5.69 Å². The van der Waals surface area contributed by atoms with Crippen molar-refractivity contribution in [1.82, 2.24) is 4.90 Å². The highest BCUT2D eigenvalue weighted by atomic mass is 16.2. The minimum atomic E-state index is 0.0620. The fourth-order valence-corrected chi connectivity index (χ4v) is 2.59. The second-order valence-electron chi connectivity index (χ2n) is 5.34. The lowest BCUT2D eigenvalue weighted by Crippen LogP contribution is -2.42. The maximum atomic E-state index is 12.0. The zero-order valence-corrected chi connectivity index (χ0v) is 11.6. The molecule has 4 nitrogen and oxygen atoms in total. The van der Waals surface area contributed by atoms with E-state index in [4.69, 9.17) is 5.73 Å². The Morgan fingerprint density at radius 3 is 3.00 bits per heavy atom. The first-order chi connectivity index (χ1) is 9.19. The van der Waals surface area contributed by atoms with Gasteiger partial charge in [0.05, 0.1) is 6.54 Å². The highest BCUT2D eigenvalue weighted by Gasteiger charge is 2.20. The number of nitrogens with two attached hydrogens (primary N) is 1. The third kappa shape index (κ3) is 4.04. The van der Waals surface area contributed by atoms with Crippen molar-refractivity contribution in [3.8, 4) is 0 Å². The average Bonchev–Trinajstić information content (AvgIpc) is 2.41. The number of likely N-dealkylation sites (tertiary alicyclic amines) is 1. The lowest BCUT2D eigenvalue weighted by atomic mass is 9.98. The first-order valence-electron chi connectivity index (χ1n) is 6.97. The van der Waals surface area contributed by atoms with Crippen molar-refractivity contribution < 1.29 is 4.79 Å². The predicted molar refractivity (Wildman–Crippen MR) is 78.0 cm³/mol.